The molecule has 0 aliphatic rings. The van der Waals surface area contributed by atoms with Gasteiger partial charge in [-0.1, -0.05) is 6.07 Å². The van der Waals surface area contributed by atoms with Crippen LogP contribution in [-0.2, 0) is 0 Å². The molecular formula is C19H26N4OS. The van der Waals surface area contributed by atoms with Gasteiger partial charge in [-0.15, -0.1) is 0 Å². The number of likely N-dealkylation sites (N-methyl/N-ethyl adjacent to an activating group) is 1. The second-order valence-electron chi connectivity index (χ2n) is 6.12. The fourth-order valence-electron chi connectivity index (χ4n) is 2.50. The molecule has 1 atom stereocenters. The maximum absolute atomic E-state index is 5.71. The third-order valence-corrected chi connectivity index (χ3v) is 4.36. The summed E-state index contributed by atoms with van der Waals surface area (Å²) in [6.45, 7) is 3.90. The number of ether oxygens (including phenoxy) is 1. The molecule has 0 bridgehead atoms. The van der Waals surface area contributed by atoms with E-state index in [0.717, 1.165) is 24.5 Å². The van der Waals surface area contributed by atoms with Crippen molar-refractivity contribution in [3.05, 3.63) is 54.4 Å². The number of aromatic nitrogens is 1. The number of hydrogen-bond acceptors (Lipinski definition) is 4. The van der Waals surface area contributed by atoms with Crippen molar-refractivity contribution in [3.63, 3.8) is 0 Å². The highest BCUT2D eigenvalue weighted by Gasteiger charge is 2.19. The number of methoxy groups -OCH3 is 1. The molecule has 0 unspecified atom stereocenters. The largest absolute Gasteiger partial charge is 0.497 e. The predicted molar refractivity (Wildman–Crippen MR) is 107 cm³/mol. The van der Waals surface area contributed by atoms with Gasteiger partial charge in [0.15, 0.2) is 5.11 Å². The van der Waals surface area contributed by atoms with E-state index < -0.39 is 0 Å². The number of anilines is 1. The van der Waals surface area contributed by atoms with E-state index in [1.54, 1.807) is 7.11 Å². The highest BCUT2D eigenvalue weighted by atomic mass is 32.1. The predicted octanol–water partition coefficient (Wildman–Crippen LogP) is 3.41. The molecule has 25 heavy (non-hydrogen) atoms. The summed E-state index contributed by atoms with van der Waals surface area (Å²) in [7, 11) is 5.79. The molecule has 0 aliphatic carbocycles. The lowest BCUT2D eigenvalue weighted by Crippen LogP contribution is -2.40. The third-order valence-electron chi connectivity index (χ3n) is 4.03. The summed E-state index contributed by atoms with van der Waals surface area (Å²) in [5.41, 5.74) is 2.10. The summed E-state index contributed by atoms with van der Waals surface area (Å²) in [5, 5.41) is 4.03. The molecule has 0 fully saturated rings. The zero-order chi connectivity index (χ0) is 18.2. The van der Waals surface area contributed by atoms with Crippen molar-refractivity contribution in [3.8, 4) is 5.75 Å². The molecule has 6 heteroatoms. The van der Waals surface area contributed by atoms with Crippen LogP contribution in [0.25, 0.3) is 0 Å². The van der Waals surface area contributed by atoms with Crippen molar-refractivity contribution in [1.29, 1.82) is 0 Å². The first-order valence-electron chi connectivity index (χ1n) is 8.27. The van der Waals surface area contributed by atoms with Crippen molar-refractivity contribution < 1.29 is 4.74 Å². The molecule has 5 nitrogen and oxygen atoms in total. The Bertz CT molecular complexity index is 678. The minimum Gasteiger partial charge on any atom is -0.497 e. The van der Waals surface area contributed by atoms with Crippen LogP contribution >= 0.6 is 12.2 Å². The highest BCUT2D eigenvalue weighted by molar-refractivity contribution is 7.80. The van der Waals surface area contributed by atoms with Crippen LogP contribution < -0.4 is 10.1 Å². The van der Waals surface area contributed by atoms with E-state index in [1.807, 2.05) is 48.8 Å². The molecular weight excluding hydrogens is 332 g/mol. The van der Waals surface area contributed by atoms with Gasteiger partial charge in [-0.2, -0.15) is 0 Å². The van der Waals surface area contributed by atoms with E-state index in [0.29, 0.717) is 5.11 Å². The van der Waals surface area contributed by atoms with Crippen LogP contribution in [-0.4, -0.2) is 54.2 Å². The molecule has 0 radical (unpaired) electrons. The molecule has 2 aromatic rings. The quantitative estimate of drug-likeness (QED) is 0.765. The number of hydrogen-bond donors (Lipinski definition) is 1. The van der Waals surface area contributed by atoms with E-state index >= 15 is 0 Å². The van der Waals surface area contributed by atoms with Gasteiger partial charge >= 0.3 is 0 Å². The molecule has 0 saturated heterocycles. The van der Waals surface area contributed by atoms with E-state index in [2.05, 4.69) is 41.1 Å². The Balaban J connectivity index is 2.17. The zero-order valence-electron chi connectivity index (χ0n) is 15.3. The Labute approximate surface area is 155 Å². The normalized spacial score (nSPS) is 11.9. The van der Waals surface area contributed by atoms with Gasteiger partial charge in [-0.05, 0) is 63.1 Å². The lowest BCUT2D eigenvalue weighted by atomic mass is 10.1. The van der Waals surface area contributed by atoms with Crippen molar-refractivity contribution in [2.24, 2.45) is 0 Å². The molecule has 1 heterocycles. The van der Waals surface area contributed by atoms with Gasteiger partial charge < -0.3 is 19.9 Å². The van der Waals surface area contributed by atoms with Gasteiger partial charge in [0.1, 0.15) is 5.75 Å². The SMILES string of the molecule is COc1cccc(NC(=S)N(CCN(C)C)[C@@H](C)c2ccncc2)c1. The summed E-state index contributed by atoms with van der Waals surface area (Å²) in [4.78, 5) is 8.46. The van der Waals surface area contributed by atoms with Crippen LogP contribution in [0.5, 0.6) is 5.75 Å². The first kappa shape index (κ1) is 19.1. The van der Waals surface area contributed by atoms with Crippen molar-refractivity contribution in [2.75, 3.05) is 39.6 Å². The Morgan fingerprint density at radius 2 is 1.92 bits per heavy atom. The summed E-state index contributed by atoms with van der Waals surface area (Å²) in [6.07, 6.45) is 3.63. The van der Waals surface area contributed by atoms with Crippen molar-refractivity contribution in [1.82, 2.24) is 14.8 Å². The number of nitrogens with one attached hydrogen (secondary N) is 1. The lowest BCUT2D eigenvalue weighted by molar-refractivity contribution is 0.289. The minimum atomic E-state index is 0.147. The van der Waals surface area contributed by atoms with Crippen LogP contribution in [0, 0.1) is 0 Å². The number of nitrogens with zero attached hydrogens (tertiary/aromatic N) is 3. The first-order chi connectivity index (χ1) is 12.0. The average Bonchev–Trinajstić information content (AvgIpc) is 2.62. The summed E-state index contributed by atoms with van der Waals surface area (Å²) < 4.78 is 5.28. The second-order valence-corrected chi connectivity index (χ2v) is 6.50. The van der Waals surface area contributed by atoms with E-state index in [9.17, 15) is 0 Å². The maximum atomic E-state index is 5.71. The fourth-order valence-corrected chi connectivity index (χ4v) is 2.86. The first-order valence-corrected chi connectivity index (χ1v) is 8.68. The summed E-state index contributed by atoms with van der Waals surface area (Å²) in [6, 6.07) is 12.0. The zero-order valence-corrected chi connectivity index (χ0v) is 16.1. The number of thiocarbonyl (C=S) groups is 1. The standard InChI is InChI=1S/C19H26N4OS/c1-15(16-8-10-20-11-9-16)23(13-12-22(2)3)19(25)21-17-6-5-7-18(14-17)24-4/h5-11,14-15H,12-13H2,1-4H3,(H,21,25)/t15-/m0/s1. The van der Waals surface area contributed by atoms with Gasteiger partial charge in [0.2, 0.25) is 0 Å². The highest BCUT2D eigenvalue weighted by Crippen LogP contribution is 2.22. The Hall–Kier alpha value is -2.18. The summed E-state index contributed by atoms with van der Waals surface area (Å²) >= 11 is 5.71. The molecule has 0 amide bonds. The third kappa shape index (κ3) is 5.69. The number of pyridine rings is 1. The molecule has 1 aromatic carbocycles. The second kappa shape index (κ2) is 9.34. The fraction of sp³-hybridized carbons (Fsp3) is 0.368. The van der Waals surface area contributed by atoms with Crippen LogP contribution in [0.3, 0.4) is 0 Å². The molecule has 134 valence electrons. The topological polar surface area (TPSA) is 40.6 Å². The number of rotatable bonds is 7. The van der Waals surface area contributed by atoms with Crippen LogP contribution in [0.15, 0.2) is 48.8 Å². The van der Waals surface area contributed by atoms with Gasteiger partial charge in [0.25, 0.3) is 0 Å². The molecule has 2 rings (SSSR count). The summed E-state index contributed by atoms with van der Waals surface area (Å²) in [5.74, 6) is 0.801. The van der Waals surface area contributed by atoms with E-state index in [-0.39, 0.29) is 6.04 Å². The lowest BCUT2D eigenvalue weighted by Gasteiger charge is -2.33. The molecule has 1 N–H and O–H groups in total. The average molecular weight is 359 g/mol. The van der Waals surface area contributed by atoms with Gasteiger partial charge in [0, 0.05) is 37.2 Å². The van der Waals surface area contributed by atoms with Crippen LogP contribution in [0.2, 0.25) is 0 Å². The Morgan fingerprint density at radius 3 is 2.56 bits per heavy atom. The Morgan fingerprint density at radius 1 is 1.20 bits per heavy atom. The molecule has 0 saturated carbocycles. The van der Waals surface area contributed by atoms with Crippen LogP contribution in [0.4, 0.5) is 5.69 Å². The molecule has 0 spiro atoms. The smallest absolute Gasteiger partial charge is 0.173 e. The van der Waals surface area contributed by atoms with E-state index in [1.165, 1.54) is 5.56 Å². The van der Waals surface area contributed by atoms with Crippen molar-refractivity contribution >= 4 is 23.0 Å². The van der Waals surface area contributed by atoms with Crippen LogP contribution in [0.1, 0.15) is 18.5 Å². The van der Waals surface area contributed by atoms with Gasteiger partial charge in [0.05, 0.1) is 13.2 Å². The van der Waals surface area contributed by atoms with Crippen molar-refractivity contribution in [2.45, 2.75) is 13.0 Å². The maximum Gasteiger partial charge on any atom is 0.173 e. The minimum absolute atomic E-state index is 0.147. The molecule has 1 aromatic heterocycles. The van der Waals surface area contributed by atoms with Gasteiger partial charge in [-0.25, -0.2) is 0 Å². The molecule has 0 aliphatic heterocycles. The number of benzene rings is 1. The Kier molecular flexibility index (Phi) is 7.16. The van der Waals surface area contributed by atoms with Gasteiger partial charge in [-0.3, -0.25) is 4.98 Å². The van der Waals surface area contributed by atoms with E-state index in [4.69, 9.17) is 17.0 Å². The monoisotopic (exact) mass is 358 g/mol.